The van der Waals surface area contributed by atoms with Gasteiger partial charge in [-0.2, -0.15) is 0 Å². The van der Waals surface area contributed by atoms with Gasteiger partial charge in [0.2, 0.25) is 0 Å². The predicted molar refractivity (Wildman–Crippen MR) is 120 cm³/mol. The number of hydrogen-bond acceptors (Lipinski definition) is 5. The molecule has 0 atom stereocenters. The van der Waals surface area contributed by atoms with E-state index < -0.39 is 0 Å². The zero-order valence-electron chi connectivity index (χ0n) is 17.7. The first-order chi connectivity index (χ1) is 14.1. The van der Waals surface area contributed by atoms with Crippen LogP contribution in [0.3, 0.4) is 0 Å². The predicted octanol–water partition coefficient (Wildman–Crippen LogP) is 3.53. The van der Waals surface area contributed by atoms with Gasteiger partial charge in [0.15, 0.2) is 0 Å². The Morgan fingerprint density at radius 2 is 1.59 bits per heavy atom. The zero-order chi connectivity index (χ0) is 20.2. The topological polar surface area (TPSA) is 39.7 Å². The molecule has 5 nitrogen and oxygen atoms in total. The Morgan fingerprint density at radius 1 is 0.966 bits per heavy atom. The largest absolute Gasteiger partial charge is 0.335 e. The molecule has 1 amide bonds. The Labute approximate surface area is 178 Å². The average Bonchev–Trinajstić information content (AvgIpc) is 3.42. The van der Waals surface area contributed by atoms with E-state index in [4.69, 9.17) is 4.98 Å². The third kappa shape index (κ3) is 4.87. The molecule has 2 aliphatic heterocycles. The number of aryl methyl sites for hydroxylation is 2. The fourth-order valence-electron chi connectivity index (χ4n) is 4.21. The normalized spacial score (nSPS) is 18.5. The van der Waals surface area contributed by atoms with Crippen molar-refractivity contribution in [2.45, 2.75) is 33.1 Å². The van der Waals surface area contributed by atoms with Gasteiger partial charge in [-0.3, -0.25) is 9.69 Å². The third-order valence-electron chi connectivity index (χ3n) is 6.19. The lowest BCUT2D eigenvalue weighted by atomic mass is 10.1. The van der Waals surface area contributed by atoms with Gasteiger partial charge in [0.25, 0.3) is 5.91 Å². The molecule has 1 aromatic heterocycles. The molecule has 156 valence electrons. The molecule has 0 aliphatic carbocycles. The van der Waals surface area contributed by atoms with E-state index in [2.05, 4.69) is 41.0 Å². The molecule has 2 fully saturated rings. The van der Waals surface area contributed by atoms with Crippen LogP contribution in [-0.2, 0) is 6.42 Å². The molecular formula is C23H32N4OS. The van der Waals surface area contributed by atoms with Crippen molar-refractivity contribution in [1.82, 2.24) is 19.7 Å². The fourth-order valence-corrected chi connectivity index (χ4v) is 5.25. The van der Waals surface area contributed by atoms with Crippen molar-refractivity contribution in [2.75, 3.05) is 52.4 Å². The number of thiazole rings is 1. The summed E-state index contributed by atoms with van der Waals surface area (Å²) in [6.07, 6.45) is 3.73. The highest BCUT2D eigenvalue weighted by atomic mass is 32.1. The summed E-state index contributed by atoms with van der Waals surface area (Å²) >= 11 is 1.53. The molecule has 4 rings (SSSR count). The van der Waals surface area contributed by atoms with E-state index in [1.165, 1.54) is 49.4 Å². The summed E-state index contributed by atoms with van der Waals surface area (Å²) < 4.78 is 0. The second-order valence-electron chi connectivity index (χ2n) is 8.17. The highest BCUT2D eigenvalue weighted by molar-refractivity contribution is 7.17. The van der Waals surface area contributed by atoms with Crippen LogP contribution in [0.25, 0.3) is 10.6 Å². The van der Waals surface area contributed by atoms with E-state index in [0.29, 0.717) is 0 Å². The standard InChI is InChI=1S/C23H32N4OS/c1-3-19-6-8-20(9-7-19)22-24-18(2)21(29-22)23(28)27-16-14-26(15-17-27)13-12-25-10-4-5-11-25/h6-9H,3-5,10-17H2,1-2H3. The number of hydrogen-bond donors (Lipinski definition) is 0. The molecular weight excluding hydrogens is 380 g/mol. The van der Waals surface area contributed by atoms with Gasteiger partial charge >= 0.3 is 0 Å². The Morgan fingerprint density at radius 3 is 2.21 bits per heavy atom. The van der Waals surface area contributed by atoms with Crippen LogP contribution in [0.1, 0.15) is 40.7 Å². The van der Waals surface area contributed by atoms with Crippen molar-refractivity contribution in [2.24, 2.45) is 0 Å². The van der Waals surface area contributed by atoms with Crippen molar-refractivity contribution in [3.05, 3.63) is 40.4 Å². The molecule has 0 saturated carbocycles. The molecule has 0 unspecified atom stereocenters. The SMILES string of the molecule is CCc1ccc(-c2nc(C)c(C(=O)N3CCN(CCN4CCCC4)CC3)s2)cc1. The average molecular weight is 413 g/mol. The van der Waals surface area contributed by atoms with Crippen LogP contribution in [0.5, 0.6) is 0 Å². The smallest absolute Gasteiger partial charge is 0.265 e. The molecule has 3 heterocycles. The van der Waals surface area contributed by atoms with Gasteiger partial charge in [-0.05, 0) is 44.8 Å². The Hall–Kier alpha value is -1.76. The summed E-state index contributed by atoms with van der Waals surface area (Å²) in [5.41, 5.74) is 3.27. The Balaban J connectivity index is 1.34. The lowest BCUT2D eigenvalue weighted by molar-refractivity contribution is 0.0630. The third-order valence-corrected chi connectivity index (χ3v) is 7.39. The van der Waals surface area contributed by atoms with E-state index in [1.54, 1.807) is 0 Å². The van der Waals surface area contributed by atoms with Gasteiger partial charge in [0.05, 0.1) is 5.69 Å². The minimum atomic E-state index is 0.149. The van der Waals surface area contributed by atoms with Gasteiger partial charge in [-0.25, -0.2) is 4.98 Å². The van der Waals surface area contributed by atoms with E-state index in [1.807, 2.05) is 11.8 Å². The number of carbonyl (C=O) groups excluding carboxylic acids is 1. The molecule has 2 saturated heterocycles. The highest BCUT2D eigenvalue weighted by Gasteiger charge is 2.26. The number of amides is 1. The molecule has 0 N–H and O–H groups in total. The van der Waals surface area contributed by atoms with Gasteiger partial charge < -0.3 is 9.80 Å². The first-order valence-corrected chi connectivity index (χ1v) is 11.8. The molecule has 0 bridgehead atoms. The lowest BCUT2D eigenvalue weighted by Gasteiger charge is -2.35. The van der Waals surface area contributed by atoms with Crippen molar-refractivity contribution in [3.63, 3.8) is 0 Å². The quantitative estimate of drug-likeness (QED) is 0.728. The summed E-state index contributed by atoms with van der Waals surface area (Å²) in [6, 6.07) is 8.53. The number of likely N-dealkylation sites (tertiary alicyclic amines) is 1. The Kier molecular flexibility index (Phi) is 6.63. The Bertz CT molecular complexity index is 818. The number of aromatic nitrogens is 1. The van der Waals surface area contributed by atoms with Crippen LogP contribution in [0.15, 0.2) is 24.3 Å². The lowest BCUT2D eigenvalue weighted by Crippen LogP contribution is -2.50. The molecule has 0 spiro atoms. The van der Waals surface area contributed by atoms with Crippen LogP contribution in [-0.4, -0.2) is 77.9 Å². The summed E-state index contributed by atoms with van der Waals surface area (Å²) in [6.45, 7) is 12.5. The molecule has 2 aliphatic rings. The van der Waals surface area contributed by atoms with Crippen molar-refractivity contribution < 1.29 is 4.79 Å². The summed E-state index contributed by atoms with van der Waals surface area (Å²) in [5, 5.41) is 0.942. The maximum absolute atomic E-state index is 13.1. The van der Waals surface area contributed by atoms with E-state index in [9.17, 15) is 4.79 Å². The zero-order valence-corrected chi connectivity index (χ0v) is 18.5. The van der Waals surface area contributed by atoms with Crippen LogP contribution < -0.4 is 0 Å². The van der Waals surface area contributed by atoms with E-state index >= 15 is 0 Å². The molecule has 29 heavy (non-hydrogen) atoms. The van der Waals surface area contributed by atoms with Gasteiger partial charge in [0, 0.05) is 44.8 Å². The van der Waals surface area contributed by atoms with Crippen LogP contribution >= 0.6 is 11.3 Å². The number of nitrogens with zero attached hydrogens (tertiary/aromatic N) is 4. The van der Waals surface area contributed by atoms with E-state index in [0.717, 1.165) is 60.3 Å². The minimum Gasteiger partial charge on any atom is -0.335 e. The molecule has 0 radical (unpaired) electrons. The van der Waals surface area contributed by atoms with E-state index in [-0.39, 0.29) is 5.91 Å². The molecule has 2 aromatic rings. The number of benzene rings is 1. The summed E-state index contributed by atoms with van der Waals surface area (Å²) in [5.74, 6) is 0.149. The fraction of sp³-hybridized carbons (Fsp3) is 0.565. The van der Waals surface area contributed by atoms with Crippen molar-refractivity contribution >= 4 is 17.2 Å². The maximum Gasteiger partial charge on any atom is 0.265 e. The van der Waals surface area contributed by atoms with Gasteiger partial charge in [0.1, 0.15) is 9.88 Å². The monoisotopic (exact) mass is 412 g/mol. The van der Waals surface area contributed by atoms with Gasteiger partial charge in [-0.1, -0.05) is 31.2 Å². The number of carbonyl (C=O) groups is 1. The first-order valence-electron chi connectivity index (χ1n) is 10.9. The highest BCUT2D eigenvalue weighted by Crippen LogP contribution is 2.29. The molecule has 1 aromatic carbocycles. The second-order valence-corrected chi connectivity index (χ2v) is 9.17. The van der Waals surface area contributed by atoms with Crippen LogP contribution in [0, 0.1) is 6.92 Å². The number of rotatable bonds is 6. The van der Waals surface area contributed by atoms with Crippen LogP contribution in [0.4, 0.5) is 0 Å². The van der Waals surface area contributed by atoms with Crippen molar-refractivity contribution in [3.8, 4) is 10.6 Å². The van der Waals surface area contributed by atoms with Gasteiger partial charge in [-0.15, -0.1) is 11.3 Å². The number of piperazine rings is 1. The molecule has 6 heteroatoms. The minimum absolute atomic E-state index is 0.149. The van der Waals surface area contributed by atoms with Crippen LogP contribution in [0.2, 0.25) is 0 Å². The first kappa shape index (κ1) is 20.5. The second kappa shape index (κ2) is 9.37. The summed E-state index contributed by atoms with van der Waals surface area (Å²) in [4.78, 5) is 25.7. The maximum atomic E-state index is 13.1. The summed E-state index contributed by atoms with van der Waals surface area (Å²) in [7, 11) is 0. The van der Waals surface area contributed by atoms with Crippen molar-refractivity contribution in [1.29, 1.82) is 0 Å².